The van der Waals surface area contributed by atoms with E-state index in [9.17, 15) is 22.8 Å². The highest BCUT2D eigenvalue weighted by molar-refractivity contribution is 7.98. The predicted molar refractivity (Wildman–Crippen MR) is 99.8 cm³/mol. The summed E-state index contributed by atoms with van der Waals surface area (Å²) >= 11 is 1.56. The largest absolute Gasteiger partial charge is 0.471 e. The van der Waals surface area contributed by atoms with Gasteiger partial charge in [0, 0.05) is 29.2 Å². The minimum absolute atomic E-state index is 0.0727. The molecule has 1 N–H and O–H groups in total. The first-order valence-electron chi connectivity index (χ1n) is 8.15. The number of hydrogen-bond donors (Lipinski definition) is 1. The Kier molecular flexibility index (Phi) is 6.90. The lowest BCUT2D eigenvalue weighted by Crippen LogP contribution is -2.40. The number of halogens is 3. The lowest BCUT2D eigenvalue weighted by Gasteiger charge is -2.22. The van der Waals surface area contributed by atoms with Crippen LogP contribution in [0, 0.1) is 0 Å². The molecule has 144 valence electrons. The van der Waals surface area contributed by atoms with Crippen molar-refractivity contribution in [3.63, 3.8) is 0 Å². The van der Waals surface area contributed by atoms with Crippen LogP contribution in [0.2, 0.25) is 0 Å². The molecule has 0 aromatic heterocycles. The van der Waals surface area contributed by atoms with Crippen LogP contribution in [0.3, 0.4) is 0 Å². The number of nitrogens with one attached hydrogen (secondary N) is 1. The van der Waals surface area contributed by atoms with Crippen LogP contribution in [0.4, 0.5) is 18.9 Å². The van der Waals surface area contributed by atoms with Crippen molar-refractivity contribution in [2.75, 3.05) is 18.1 Å². The lowest BCUT2D eigenvalue weighted by atomic mass is 10.1. The summed E-state index contributed by atoms with van der Waals surface area (Å²) in [5.74, 6) is -2.20. The Bertz CT molecular complexity index is 807. The SMILES string of the molecule is CCN(Cc1cccc(NC(=O)c2ccc(SC)cc2)c1)C(=O)C(F)(F)F. The van der Waals surface area contributed by atoms with E-state index in [0.29, 0.717) is 21.7 Å². The average molecular weight is 396 g/mol. The number of hydrogen-bond acceptors (Lipinski definition) is 3. The molecule has 2 aromatic rings. The molecule has 0 aliphatic carbocycles. The van der Waals surface area contributed by atoms with Crippen molar-refractivity contribution in [3.05, 3.63) is 59.7 Å². The molecule has 0 aliphatic rings. The van der Waals surface area contributed by atoms with Gasteiger partial charge in [-0.05, 0) is 55.1 Å². The Morgan fingerprint density at radius 1 is 1.11 bits per heavy atom. The minimum atomic E-state index is -4.91. The molecule has 27 heavy (non-hydrogen) atoms. The number of anilines is 1. The summed E-state index contributed by atoms with van der Waals surface area (Å²) in [5, 5.41) is 2.72. The molecule has 0 radical (unpaired) electrons. The zero-order valence-electron chi connectivity index (χ0n) is 14.8. The molecule has 0 atom stereocenters. The Labute approximate surface area is 159 Å². The number of alkyl halides is 3. The third-order valence-electron chi connectivity index (χ3n) is 3.82. The number of carbonyl (C=O) groups is 2. The fourth-order valence-corrected chi connectivity index (χ4v) is 2.83. The van der Waals surface area contributed by atoms with Crippen molar-refractivity contribution in [1.82, 2.24) is 4.90 Å². The van der Waals surface area contributed by atoms with Gasteiger partial charge in [0.25, 0.3) is 5.91 Å². The first-order valence-corrected chi connectivity index (χ1v) is 9.37. The molecule has 8 heteroatoms. The number of rotatable bonds is 6. The van der Waals surface area contributed by atoms with E-state index in [1.807, 2.05) is 18.4 Å². The first kappa shape index (κ1) is 20.8. The van der Waals surface area contributed by atoms with Crippen LogP contribution in [-0.2, 0) is 11.3 Å². The molecular weight excluding hydrogens is 377 g/mol. The van der Waals surface area contributed by atoms with E-state index in [-0.39, 0.29) is 19.0 Å². The standard InChI is InChI=1S/C19H19F3N2O2S/c1-3-24(18(26)19(20,21)22)12-13-5-4-6-15(11-13)23-17(25)14-7-9-16(27-2)10-8-14/h4-11H,3,12H2,1-2H3,(H,23,25). The summed E-state index contributed by atoms with van der Waals surface area (Å²) in [6, 6.07) is 13.5. The normalized spacial score (nSPS) is 11.1. The maximum atomic E-state index is 12.6. The van der Waals surface area contributed by atoms with Gasteiger partial charge >= 0.3 is 12.1 Å². The van der Waals surface area contributed by atoms with Crippen LogP contribution >= 0.6 is 11.8 Å². The molecule has 0 heterocycles. The van der Waals surface area contributed by atoms with Crippen LogP contribution in [0.5, 0.6) is 0 Å². The van der Waals surface area contributed by atoms with Crippen LogP contribution in [0.25, 0.3) is 0 Å². The number of benzene rings is 2. The summed E-state index contributed by atoms with van der Waals surface area (Å²) in [6.07, 6.45) is -2.98. The van der Waals surface area contributed by atoms with Crippen molar-refractivity contribution in [2.45, 2.75) is 24.5 Å². The smallest absolute Gasteiger partial charge is 0.331 e. The summed E-state index contributed by atoms with van der Waals surface area (Å²) in [6.45, 7) is 1.21. The average Bonchev–Trinajstić information content (AvgIpc) is 2.65. The monoisotopic (exact) mass is 396 g/mol. The highest BCUT2D eigenvalue weighted by Gasteiger charge is 2.41. The Hall–Kier alpha value is -2.48. The highest BCUT2D eigenvalue weighted by atomic mass is 32.2. The van der Waals surface area contributed by atoms with Gasteiger partial charge in [-0.15, -0.1) is 11.8 Å². The van der Waals surface area contributed by atoms with Gasteiger partial charge in [-0.3, -0.25) is 9.59 Å². The third kappa shape index (κ3) is 5.75. The summed E-state index contributed by atoms with van der Waals surface area (Å²) in [4.78, 5) is 25.5. The molecule has 4 nitrogen and oxygen atoms in total. The highest BCUT2D eigenvalue weighted by Crippen LogP contribution is 2.21. The lowest BCUT2D eigenvalue weighted by molar-refractivity contribution is -0.185. The predicted octanol–water partition coefficient (Wildman–Crippen LogP) is 4.57. The number of amides is 2. The fraction of sp³-hybridized carbons (Fsp3) is 0.263. The molecule has 2 aromatic carbocycles. The molecule has 0 spiro atoms. The number of thioether (sulfide) groups is 1. The second-order valence-electron chi connectivity index (χ2n) is 5.70. The first-order chi connectivity index (χ1) is 12.7. The molecule has 0 fully saturated rings. The van der Waals surface area contributed by atoms with Gasteiger partial charge in [-0.2, -0.15) is 13.2 Å². The molecule has 0 saturated heterocycles. The maximum absolute atomic E-state index is 12.6. The van der Waals surface area contributed by atoms with Crippen molar-refractivity contribution in [1.29, 1.82) is 0 Å². The second kappa shape index (κ2) is 8.94. The van der Waals surface area contributed by atoms with Gasteiger partial charge in [-0.1, -0.05) is 12.1 Å². The van der Waals surface area contributed by atoms with Crippen LogP contribution in [0.15, 0.2) is 53.4 Å². The molecule has 0 unspecified atom stereocenters. The fourth-order valence-electron chi connectivity index (χ4n) is 2.42. The van der Waals surface area contributed by atoms with Crippen molar-refractivity contribution in [3.8, 4) is 0 Å². The van der Waals surface area contributed by atoms with Gasteiger partial charge in [0.05, 0.1) is 0 Å². The number of carbonyl (C=O) groups excluding carboxylic acids is 2. The van der Waals surface area contributed by atoms with Crippen LogP contribution in [0.1, 0.15) is 22.8 Å². The molecule has 0 aliphatic heterocycles. The molecule has 2 rings (SSSR count). The van der Waals surface area contributed by atoms with E-state index >= 15 is 0 Å². The van der Waals surface area contributed by atoms with Crippen LogP contribution in [-0.4, -0.2) is 35.7 Å². The topological polar surface area (TPSA) is 49.4 Å². The van der Waals surface area contributed by atoms with E-state index in [2.05, 4.69) is 5.32 Å². The molecule has 2 amide bonds. The van der Waals surface area contributed by atoms with Crippen molar-refractivity contribution >= 4 is 29.3 Å². The Balaban J connectivity index is 2.09. The van der Waals surface area contributed by atoms with E-state index in [4.69, 9.17) is 0 Å². The van der Waals surface area contributed by atoms with Gasteiger partial charge < -0.3 is 10.2 Å². The Morgan fingerprint density at radius 2 is 1.78 bits per heavy atom. The Morgan fingerprint density at radius 3 is 2.33 bits per heavy atom. The van der Waals surface area contributed by atoms with Gasteiger partial charge in [0.1, 0.15) is 0 Å². The zero-order valence-corrected chi connectivity index (χ0v) is 15.7. The molecular formula is C19H19F3N2O2S. The zero-order chi connectivity index (χ0) is 20.0. The molecule has 0 bridgehead atoms. The minimum Gasteiger partial charge on any atom is -0.331 e. The van der Waals surface area contributed by atoms with Crippen molar-refractivity contribution < 1.29 is 22.8 Å². The quantitative estimate of drug-likeness (QED) is 0.728. The molecule has 0 saturated carbocycles. The second-order valence-corrected chi connectivity index (χ2v) is 6.58. The number of nitrogens with zero attached hydrogens (tertiary/aromatic N) is 1. The van der Waals surface area contributed by atoms with Gasteiger partial charge in [0.15, 0.2) is 0 Å². The van der Waals surface area contributed by atoms with Gasteiger partial charge in [-0.25, -0.2) is 0 Å². The summed E-state index contributed by atoms with van der Waals surface area (Å²) in [5.41, 5.74) is 1.41. The van der Waals surface area contributed by atoms with E-state index < -0.39 is 12.1 Å². The summed E-state index contributed by atoms with van der Waals surface area (Å²) in [7, 11) is 0. The van der Waals surface area contributed by atoms with Crippen molar-refractivity contribution in [2.24, 2.45) is 0 Å². The van der Waals surface area contributed by atoms with Crippen LogP contribution < -0.4 is 5.32 Å². The van der Waals surface area contributed by atoms with E-state index in [0.717, 1.165) is 4.90 Å². The van der Waals surface area contributed by atoms with Gasteiger partial charge in [0.2, 0.25) is 0 Å². The van der Waals surface area contributed by atoms with E-state index in [1.54, 1.807) is 48.2 Å². The van der Waals surface area contributed by atoms with E-state index in [1.165, 1.54) is 6.92 Å². The summed E-state index contributed by atoms with van der Waals surface area (Å²) < 4.78 is 37.9. The maximum Gasteiger partial charge on any atom is 0.471 e. The third-order valence-corrected chi connectivity index (χ3v) is 4.57.